The zero-order chi connectivity index (χ0) is 19.8. The Morgan fingerprint density at radius 1 is 1.10 bits per heavy atom. The molecule has 0 amide bonds. The molecule has 0 aliphatic rings. The zero-order valence-corrected chi connectivity index (χ0v) is 16.1. The second-order valence-electron chi connectivity index (χ2n) is 6.77. The molecule has 0 unspecified atom stereocenters. The smallest absolute Gasteiger partial charge is 0.184 e. The number of nitrogens with zero attached hydrogens (tertiary/aromatic N) is 2. The van der Waals surface area contributed by atoms with E-state index in [1.165, 1.54) is 0 Å². The number of nitrogens with one attached hydrogen (secondary N) is 1. The molecule has 0 atom stereocenters. The number of aromatic amines is 1. The summed E-state index contributed by atoms with van der Waals surface area (Å²) < 4.78 is 7.75. The molecule has 5 aromatic rings. The number of H-pyrrole nitrogens is 1. The Bertz CT molecular complexity index is 1340. The third-order valence-corrected chi connectivity index (χ3v) is 5.11. The van der Waals surface area contributed by atoms with Crippen LogP contribution < -0.4 is 4.74 Å². The van der Waals surface area contributed by atoms with Crippen LogP contribution >= 0.6 is 11.6 Å². The van der Waals surface area contributed by atoms with Crippen molar-refractivity contribution in [2.45, 2.75) is 6.54 Å². The third kappa shape index (κ3) is 3.37. The fraction of sp³-hybridized carbons (Fsp3) is 0.0435. The topological polar surface area (TPSA) is 59.9 Å². The number of Topliss-reactive ketones (excluding diaryl/α,β-unsaturated/α-hetero) is 1. The molecule has 0 aliphatic heterocycles. The minimum atomic E-state index is 0.0321. The molecule has 3 heterocycles. The summed E-state index contributed by atoms with van der Waals surface area (Å²) in [6, 6.07) is 16.9. The number of halogens is 1. The van der Waals surface area contributed by atoms with Crippen molar-refractivity contribution in [1.29, 1.82) is 0 Å². The Labute approximate surface area is 171 Å². The second-order valence-corrected chi connectivity index (χ2v) is 7.21. The molecule has 0 fully saturated rings. The van der Waals surface area contributed by atoms with Gasteiger partial charge in [-0.2, -0.15) is 0 Å². The van der Waals surface area contributed by atoms with Crippen LogP contribution in [0.4, 0.5) is 0 Å². The first-order chi connectivity index (χ1) is 14.2. The number of carbonyl (C=O) groups is 1. The number of aromatic nitrogens is 3. The van der Waals surface area contributed by atoms with Crippen LogP contribution in [0.25, 0.3) is 21.8 Å². The number of pyridine rings is 1. The lowest BCUT2D eigenvalue weighted by Crippen LogP contribution is -2.09. The molecule has 5 rings (SSSR count). The van der Waals surface area contributed by atoms with Gasteiger partial charge in [-0.15, -0.1) is 0 Å². The van der Waals surface area contributed by atoms with Crippen LogP contribution in [0.5, 0.6) is 11.5 Å². The lowest BCUT2D eigenvalue weighted by atomic mass is 10.1. The Kier molecular flexibility index (Phi) is 4.30. The minimum absolute atomic E-state index is 0.0321. The van der Waals surface area contributed by atoms with Gasteiger partial charge in [-0.1, -0.05) is 11.6 Å². The lowest BCUT2D eigenvalue weighted by Gasteiger charge is -2.06. The van der Waals surface area contributed by atoms with Crippen molar-refractivity contribution in [2.24, 2.45) is 0 Å². The monoisotopic (exact) mass is 401 g/mol. The number of hydrogen-bond donors (Lipinski definition) is 1. The Morgan fingerprint density at radius 2 is 2.03 bits per heavy atom. The highest BCUT2D eigenvalue weighted by Crippen LogP contribution is 2.28. The Hall–Kier alpha value is -3.57. The predicted octanol–water partition coefficient (Wildman–Crippen LogP) is 5.85. The normalized spacial score (nSPS) is 11.2. The van der Waals surface area contributed by atoms with Crippen LogP contribution in [0.15, 0.2) is 79.4 Å². The highest BCUT2D eigenvalue weighted by atomic mass is 35.5. The van der Waals surface area contributed by atoms with E-state index in [1.807, 2.05) is 65.4 Å². The van der Waals surface area contributed by atoms with Gasteiger partial charge in [-0.25, -0.2) is 0 Å². The van der Waals surface area contributed by atoms with Gasteiger partial charge >= 0.3 is 0 Å². The van der Waals surface area contributed by atoms with Crippen molar-refractivity contribution in [1.82, 2.24) is 14.5 Å². The van der Waals surface area contributed by atoms with Crippen molar-refractivity contribution < 1.29 is 9.53 Å². The highest BCUT2D eigenvalue weighted by molar-refractivity contribution is 6.31. The maximum Gasteiger partial charge on any atom is 0.184 e. The number of fused-ring (bicyclic) bond motifs is 2. The van der Waals surface area contributed by atoms with E-state index >= 15 is 0 Å². The summed E-state index contributed by atoms with van der Waals surface area (Å²) in [5.74, 6) is 1.37. The van der Waals surface area contributed by atoms with E-state index in [4.69, 9.17) is 16.3 Å². The molecule has 0 aliphatic carbocycles. The van der Waals surface area contributed by atoms with Crippen molar-refractivity contribution in [3.8, 4) is 11.5 Å². The molecule has 29 heavy (non-hydrogen) atoms. The van der Waals surface area contributed by atoms with Crippen LogP contribution in [0.3, 0.4) is 0 Å². The molecular weight excluding hydrogens is 386 g/mol. The lowest BCUT2D eigenvalue weighted by molar-refractivity contribution is 0.0975. The molecule has 0 radical (unpaired) electrons. The molecule has 5 nitrogen and oxygen atoms in total. The van der Waals surface area contributed by atoms with E-state index in [2.05, 4.69) is 9.97 Å². The fourth-order valence-electron chi connectivity index (χ4n) is 3.49. The summed E-state index contributed by atoms with van der Waals surface area (Å²) in [5, 5.41) is 2.57. The van der Waals surface area contributed by atoms with E-state index in [1.54, 1.807) is 18.6 Å². The van der Waals surface area contributed by atoms with Gasteiger partial charge in [0.2, 0.25) is 0 Å². The average molecular weight is 402 g/mol. The van der Waals surface area contributed by atoms with Gasteiger partial charge in [-0.3, -0.25) is 9.78 Å². The molecule has 142 valence electrons. The summed E-state index contributed by atoms with van der Waals surface area (Å²) in [4.78, 5) is 20.2. The van der Waals surface area contributed by atoms with Crippen LogP contribution in [0, 0.1) is 0 Å². The largest absolute Gasteiger partial charge is 0.456 e. The SMILES string of the molecule is O=C(Cn1ccc2cc(Cl)ccc21)c1c[nH]c2cc(Oc3cccnc3)ccc12. The van der Waals surface area contributed by atoms with Gasteiger partial charge in [0.25, 0.3) is 0 Å². The number of rotatable bonds is 5. The first-order valence-corrected chi connectivity index (χ1v) is 9.52. The minimum Gasteiger partial charge on any atom is -0.456 e. The number of ether oxygens (including phenoxy) is 1. The molecule has 2 aromatic carbocycles. The molecule has 1 N–H and O–H groups in total. The maximum atomic E-state index is 13.0. The highest BCUT2D eigenvalue weighted by Gasteiger charge is 2.14. The third-order valence-electron chi connectivity index (χ3n) is 4.87. The van der Waals surface area contributed by atoms with Gasteiger partial charge < -0.3 is 14.3 Å². The molecule has 3 aromatic heterocycles. The molecule has 0 bridgehead atoms. The quantitative estimate of drug-likeness (QED) is 0.376. The first-order valence-electron chi connectivity index (χ1n) is 9.14. The van der Waals surface area contributed by atoms with Crippen LogP contribution in [-0.2, 0) is 6.54 Å². The van der Waals surface area contributed by atoms with E-state index < -0.39 is 0 Å². The van der Waals surface area contributed by atoms with E-state index in [9.17, 15) is 4.79 Å². The van der Waals surface area contributed by atoms with Crippen molar-refractivity contribution >= 4 is 39.2 Å². The van der Waals surface area contributed by atoms with Gasteiger partial charge in [0, 0.05) is 57.0 Å². The molecule has 0 saturated heterocycles. The van der Waals surface area contributed by atoms with Gasteiger partial charge in [0.15, 0.2) is 5.78 Å². The molecular formula is C23H16ClN3O2. The summed E-state index contributed by atoms with van der Waals surface area (Å²) >= 11 is 6.05. The van der Waals surface area contributed by atoms with Crippen molar-refractivity contribution in [3.05, 3.63) is 90.0 Å². The first kappa shape index (κ1) is 17.5. The van der Waals surface area contributed by atoms with Crippen LogP contribution in [-0.4, -0.2) is 20.3 Å². The van der Waals surface area contributed by atoms with E-state index in [0.29, 0.717) is 22.1 Å². The predicted molar refractivity (Wildman–Crippen MR) is 114 cm³/mol. The summed E-state index contributed by atoms with van der Waals surface area (Å²) in [5.41, 5.74) is 2.48. The molecule has 6 heteroatoms. The van der Waals surface area contributed by atoms with Crippen LogP contribution in [0.1, 0.15) is 10.4 Å². The Balaban J connectivity index is 1.41. The zero-order valence-electron chi connectivity index (χ0n) is 15.3. The van der Waals surface area contributed by atoms with E-state index in [0.717, 1.165) is 21.8 Å². The fourth-order valence-corrected chi connectivity index (χ4v) is 3.67. The average Bonchev–Trinajstić information content (AvgIpc) is 3.32. The second kappa shape index (κ2) is 7.11. The summed E-state index contributed by atoms with van der Waals surface area (Å²) in [6.45, 7) is 0.256. The van der Waals surface area contributed by atoms with Gasteiger partial charge in [0.05, 0.1) is 12.7 Å². The number of benzene rings is 2. The van der Waals surface area contributed by atoms with Gasteiger partial charge in [-0.05, 0) is 48.5 Å². The number of carbonyl (C=O) groups excluding carboxylic acids is 1. The van der Waals surface area contributed by atoms with E-state index in [-0.39, 0.29) is 12.3 Å². The standard InChI is InChI=1S/C23H16ClN3O2/c24-16-3-6-22-15(10-16)7-9-27(22)14-23(28)20-13-26-21-11-17(4-5-19(20)21)29-18-2-1-8-25-12-18/h1-13,26H,14H2. The summed E-state index contributed by atoms with van der Waals surface area (Å²) in [7, 11) is 0. The van der Waals surface area contributed by atoms with Crippen LogP contribution in [0.2, 0.25) is 5.02 Å². The Morgan fingerprint density at radius 3 is 2.90 bits per heavy atom. The number of ketones is 1. The van der Waals surface area contributed by atoms with Crippen molar-refractivity contribution in [3.63, 3.8) is 0 Å². The number of hydrogen-bond acceptors (Lipinski definition) is 3. The van der Waals surface area contributed by atoms with Crippen molar-refractivity contribution in [2.75, 3.05) is 0 Å². The summed E-state index contributed by atoms with van der Waals surface area (Å²) in [6.07, 6.45) is 7.01. The molecule has 0 saturated carbocycles. The molecule has 0 spiro atoms. The maximum absolute atomic E-state index is 13.0. The van der Waals surface area contributed by atoms with Gasteiger partial charge in [0.1, 0.15) is 11.5 Å².